The van der Waals surface area contributed by atoms with Gasteiger partial charge in [0.15, 0.2) is 0 Å². The molecule has 104 valence electrons. The third-order valence-corrected chi connectivity index (χ3v) is 6.69. The highest BCUT2D eigenvalue weighted by Crippen LogP contribution is 2.55. The van der Waals surface area contributed by atoms with Gasteiger partial charge in [-0.25, -0.2) is 0 Å². The average Bonchev–Trinajstić information content (AvgIpc) is 2.90. The van der Waals surface area contributed by atoms with Crippen molar-refractivity contribution < 1.29 is 0 Å². The van der Waals surface area contributed by atoms with Crippen molar-refractivity contribution in [3.05, 3.63) is 22.8 Å². The van der Waals surface area contributed by atoms with Crippen LogP contribution in [0.1, 0.15) is 71.1 Å². The Morgan fingerprint density at radius 1 is 1.11 bits per heavy atom. The summed E-state index contributed by atoms with van der Waals surface area (Å²) in [4.78, 5) is 0. The van der Waals surface area contributed by atoms with Crippen molar-refractivity contribution in [1.82, 2.24) is 0 Å². The van der Waals surface area contributed by atoms with E-state index in [-0.39, 0.29) is 0 Å². The Kier molecular flexibility index (Phi) is 3.09. The summed E-state index contributed by atoms with van der Waals surface area (Å²) in [5.74, 6) is 4.22. The van der Waals surface area contributed by atoms with E-state index in [1.165, 1.54) is 51.4 Å². The molecule has 0 radical (unpaired) electrons. The third-order valence-electron chi connectivity index (χ3n) is 6.69. The number of allylic oxidation sites excluding steroid dienone is 4. The van der Waals surface area contributed by atoms with Crippen molar-refractivity contribution in [1.29, 1.82) is 0 Å². The van der Waals surface area contributed by atoms with Crippen molar-refractivity contribution in [3.8, 4) is 0 Å². The van der Waals surface area contributed by atoms with E-state index in [9.17, 15) is 0 Å². The van der Waals surface area contributed by atoms with Gasteiger partial charge in [0.2, 0.25) is 0 Å². The van der Waals surface area contributed by atoms with Crippen LogP contribution in [0.25, 0.3) is 0 Å². The normalized spacial score (nSPS) is 41.4. The summed E-state index contributed by atoms with van der Waals surface area (Å²) in [6.07, 6.45) is 17.2. The van der Waals surface area contributed by atoms with Crippen LogP contribution in [0.2, 0.25) is 0 Å². The minimum absolute atomic E-state index is 1.00. The predicted octanol–water partition coefficient (Wildman–Crippen LogP) is 5.65. The fourth-order valence-corrected chi connectivity index (χ4v) is 5.75. The number of fused-ring (bicyclic) bond motifs is 4. The van der Waals surface area contributed by atoms with Crippen LogP contribution in [0, 0.1) is 23.7 Å². The van der Waals surface area contributed by atoms with Crippen LogP contribution in [0.3, 0.4) is 0 Å². The van der Waals surface area contributed by atoms with E-state index >= 15 is 0 Å². The minimum Gasteiger partial charge on any atom is -0.0810 e. The number of hydrogen-bond donors (Lipinski definition) is 0. The molecule has 2 saturated carbocycles. The molecule has 4 aliphatic rings. The first-order chi connectivity index (χ1) is 9.36. The van der Waals surface area contributed by atoms with Crippen molar-refractivity contribution >= 4 is 0 Å². The van der Waals surface area contributed by atoms with Gasteiger partial charge in [0, 0.05) is 0 Å². The zero-order valence-electron chi connectivity index (χ0n) is 12.5. The fraction of sp³-hybridized carbons (Fsp3) is 0.789. The van der Waals surface area contributed by atoms with Crippen LogP contribution in [0.4, 0.5) is 0 Å². The molecule has 4 aliphatic carbocycles. The van der Waals surface area contributed by atoms with Crippen molar-refractivity contribution in [2.24, 2.45) is 23.7 Å². The Morgan fingerprint density at radius 3 is 2.95 bits per heavy atom. The van der Waals surface area contributed by atoms with Crippen molar-refractivity contribution in [2.45, 2.75) is 71.1 Å². The molecule has 4 rings (SSSR count). The summed E-state index contributed by atoms with van der Waals surface area (Å²) in [6, 6.07) is 0. The zero-order valence-corrected chi connectivity index (χ0v) is 12.5. The van der Waals surface area contributed by atoms with Gasteiger partial charge in [0.1, 0.15) is 0 Å². The molecule has 0 saturated heterocycles. The minimum atomic E-state index is 1.00. The first-order valence-electron chi connectivity index (χ1n) is 8.78. The van der Waals surface area contributed by atoms with Gasteiger partial charge in [0.05, 0.1) is 0 Å². The van der Waals surface area contributed by atoms with E-state index in [0.717, 1.165) is 23.7 Å². The molecule has 0 bridgehead atoms. The maximum absolute atomic E-state index is 2.57. The second-order valence-corrected chi connectivity index (χ2v) is 7.48. The Labute approximate surface area is 118 Å². The molecule has 0 amide bonds. The maximum Gasteiger partial charge on any atom is -0.0163 e. The Morgan fingerprint density at radius 2 is 2.05 bits per heavy atom. The summed E-state index contributed by atoms with van der Waals surface area (Å²) in [5.41, 5.74) is 5.55. The van der Waals surface area contributed by atoms with Crippen molar-refractivity contribution in [2.75, 3.05) is 0 Å². The Balaban J connectivity index is 1.66. The van der Waals surface area contributed by atoms with Crippen LogP contribution in [0.15, 0.2) is 22.8 Å². The lowest BCUT2D eigenvalue weighted by Crippen LogP contribution is -2.30. The predicted molar refractivity (Wildman–Crippen MR) is 80.9 cm³/mol. The second kappa shape index (κ2) is 4.79. The molecular formula is C19H28. The standard InChI is InChI=1S/C19H28/c1-2-13-11-15-8-10-17-16-6-4-3-5-14(16)7-9-18(17)19(15)12-13/h5,13,15,18-19H,2-4,6-12H2,1H3/t13?,15-,18-,19-/m1/s1. The highest BCUT2D eigenvalue weighted by atomic mass is 14.5. The zero-order chi connectivity index (χ0) is 12.8. The molecule has 19 heavy (non-hydrogen) atoms. The Bertz CT molecular complexity index is 425. The Hall–Kier alpha value is -0.520. The molecule has 1 unspecified atom stereocenters. The summed E-state index contributed by atoms with van der Waals surface area (Å²) >= 11 is 0. The molecule has 0 heterocycles. The summed E-state index contributed by atoms with van der Waals surface area (Å²) < 4.78 is 0. The molecule has 0 aliphatic heterocycles. The third kappa shape index (κ3) is 1.94. The van der Waals surface area contributed by atoms with Crippen LogP contribution < -0.4 is 0 Å². The number of rotatable bonds is 1. The summed E-state index contributed by atoms with van der Waals surface area (Å²) in [7, 11) is 0. The first kappa shape index (κ1) is 12.2. The molecule has 0 heteroatoms. The topological polar surface area (TPSA) is 0 Å². The van der Waals surface area contributed by atoms with Gasteiger partial charge in [-0.15, -0.1) is 0 Å². The number of hydrogen-bond acceptors (Lipinski definition) is 0. The molecule has 0 aromatic carbocycles. The lowest BCUT2D eigenvalue weighted by atomic mass is 9.63. The van der Waals surface area contributed by atoms with Crippen LogP contribution in [-0.4, -0.2) is 0 Å². The molecule has 0 aromatic heterocycles. The van der Waals surface area contributed by atoms with Gasteiger partial charge in [-0.1, -0.05) is 25.0 Å². The average molecular weight is 256 g/mol. The monoisotopic (exact) mass is 256 g/mol. The molecule has 0 spiro atoms. The van der Waals surface area contributed by atoms with Gasteiger partial charge >= 0.3 is 0 Å². The van der Waals surface area contributed by atoms with Crippen LogP contribution in [0.5, 0.6) is 0 Å². The summed E-state index contributed by atoms with van der Waals surface area (Å²) in [5, 5.41) is 0. The van der Waals surface area contributed by atoms with E-state index < -0.39 is 0 Å². The van der Waals surface area contributed by atoms with Gasteiger partial charge in [-0.3, -0.25) is 0 Å². The van der Waals surface area contributed by atoms with E-state index in [2.05, 4.69) is 13.0 Å². The van der Waals surface area contributed by atoms with Gasteiger partial charge in [-0.2, -0.15) is 0 Å². The quantitative estimate of drug-likeness (QED) is 0.568. The highest BCUT2D eigenvalue weighted by Gasteiger charge is 2.44. The van der Waals surface area contributed by atoms with E-state index in [1.807, 2.05) is 11.1 Å². The summed E-state index contributed by atoms with van der Waals surface area (Å²) in [6.45, 7) is 2.41. The van der Waals surface area contributed by atoms with Gasteiger partial charge in [-0.05, 0) is 92.6 Å². The maximum atomic E-state index is 2.57. The molecule has 4 atom stereocenters. The van der Waals surface area contributed by atoms with Crippen LogP contribution in [-0.2, 0) is 0 Å². The second-order valence-electron chi connectivity index (χ2n) is 7.48. The SMILES string of the molecule is CCC1C[C@H]2CCC3=C4CCCC=C4CC[C@H]3[C@@H]2C1. The van der Waals surface area contributed by atoms with Gasteiger partial charge in [0.25, 0.3) is 0 Å². The van der Waals surface area contributed by atoms with E-state index in [4.69, 9.17) is 0 Å². The highest BCUT2D eigenvalue weighted by molar-refractivity contribution is 5.42. The largest absolute Gasteiger partial charge is 0.0810 e. The lowest BCUT2D eigenvalue weighted by Gasteiger charge is -2.42. The molecule has 0 N–H and O–H groups in total. The smallest absolute Gasteiger partial charge is 0.0163 e. The fourth-order valence-electron chi connectivity index (χ4n) is 5.75. The molecule has 0 aromatic rings. The van der Waals surface area contributed by atoms with Gasteiger partial charge < -0.3 is 0 Å². The van der Waals surface area contributed by atoms with Crippen LogP contribution >= 0.6 is 0 Å². The van der Waals surface area contributed by atoms with E-state index in [0.29, 0.717) is 0 Å². The molecule has 0 nitrogen and oxygen atoms in total. The molecular weight excluding hydrogens is 228 g/mol. The lowest BCUT2D eigenvalue weighted by molar-refractivity contribution is 0.219. The molecule has 2 fully saturated rings. The van der Waals surface area contributed by atoms with E-state index in [1.54, 1.807) is 18.4 Å². The first-order valence-corrected chi connectivity index (χ1v) is 8.78. The van der Waals surface area contributed by atoms with Crippen molar-refractivity contribution in [3.63, 3.8) is 0 Å².